The molecule has 7 nitrogen and oxygen atoms in total. The molecule has 9 heteroatoms. The molecule has 0 saturated carbocycles. The van der Waals surface area contributed by atoms with Crippen molar-refractivity contribution >= 4 is 35.4 Å². The molecule has 4 rings (SSSR count). The molecule has 0 aliphatic heterocycles. The first kappa shape index (κ1) is 24.3. The third-order valence-electron chi connectivity index (χ3n) is 5.58. The zero-order valence-corrected chi connectivity index (χ0v) is 19.4. The molecular formula is C26H23FN2O5S. The first-order valence-corrected chi connectivity index (χ1v) is 12.1. The predicted molar refractivity (Wildman–Crippen MR) is 132 cm³/mol. The number of carbonyl (C=O) groups is 3. The number of fused-ring (bicyclic) bond motifs is 3. The number of halogens is 1. The van der Waals surface area contributed by atoms with Crippen molar-refractivity contribution in [2.75, 3.05) is 30.0 Å². The molecule has 0 radical (unpaired) electrons. The molecule has 180 valence electrons. The van der Waals surface area contributed by atoms with Crippen LogP contribution in [0.25, 0.3) is 11.1 Å². The highest BCUT2D eigenvalue weighted by molar-refractivity contribution is 7.99. The molecule has 0 saturated heterocycles. The lowest BCUT2D eigenvalue weighted by atomic mass is 9.98. The first-order valence-electron chi connectivity index (χ1n) is 10.9. The number of nitrogens with one attached hydrogen (secondary N) is 2. The van der Waals surface area contributed by atoms with Crippen LogP contribution in [0.15, 0.2) is 66.7 Å². The van der Waals surface area contributed by atoms with Gasteiger partial charge >= 0.3 is 12.1 Å². The van der Waals surface area contributed by atoms with Crippen LogP contribution in [-0.2, 0) is 9.53 Å². The Morgan fingerprint density at radius 1 is 0.971 bits per heavy atom. The van der Waals surface area contributed by atoms with Gasteiger partial charge in [-0.15, -0.1) is 0 Å². The van der Waals surface area contributed by atoms with Crippen LogP contribution in [0, 0.1) is 5.82 Å². The van der Waals surface area contributed by atoms with E-state index in [2.05, 4.69) is 22.8 Å². The van der Waals surface area contributed by atoms with Crippen LogP contribution in [-0.4, -0.2) is 47.7 Å². The number of rotatable bonds is 9. The maximum atomic E-state index is 13.2. The number of aromatic carboxylic acids is 1. The van der Waals surface area contributed by atoms with Crippen molar-refractivity contribution in [2.24, 2.45) is 0 Å². The Morgan fingerprint density at radius 2 is 1.63 bits per heavy atom. The van der Waals surface area contributed by atoms with Gasteiger partial charge in [-0.3, -0.25) is 4.79 Å². The van der Waals surface area contributed by atoms with Crippen LogP contribution in [0.4, 0.5) is 14.9 Å². The summed E-state index contributed by atoms with van der Waals surface area (Å²) in [6.45, 7) is 0.518. The van der Waals surface area contributed by atoms with Crippen molar-refractivity contribution in [3.05, 3.63) is 89.2 Å². The van der Waals surface area contributed by atoms with Gasteiger partial charge in [-0.25, -0.2) is 14.0 Å². The molecule has 0 aromatic heterocycles. The van der Waals surface area contributed by atoms with Crippen LogP contribution >= 0.6 is 11.8 Å². The zero-order valence-electron chi connectivity index (χ0n) is 18.6. The highest BCUT2D eigenvalue weighted by atomic mass is 32.2. The van der Waals surface area contributed by atoms with Crippen molar-refractivity contribution in [2.45, 2.75) is 5.92 Å². The van der Waals surface area contributed by atoms with Crippen molar-refractivity contribution in [3.63, 3.8) is 0 Å². The largest absolute Gasteiger partial charge is 0.478 e. The number of carboxylic acid groups (broad SMARTS) is 1. The van der Waals surface area contributed by atoms with E-state index in [1.165, 1.54) is 17.8 Å². The van der Waals surface area contributed by atoms with Crippen molar-refractivity contribution < 1.29 is 28.6 Å². The van der Waals surface area contributed by atoms with Crippen LogP contribution in [0.5, 0.6) is 0 Å². The second-order valence-corrected chi connectivity index (χ2v) is 8.95. The number of benzene rings is 3. The molecule has 1 aliphatic carbocycles. The minimum absolute atomic E-state index is 0.0200. The molecular weight excluding hydrogens is 471 g/mol. The number of hydrogen-bond acceptors (Lipinski definition) is 5. The van der Waals surface area contributed by atoms with Gasteiger partial charge in [0, 0.05) is 18.2 Å². The van der Waals surface area contributed by atoms with Gasteiger partial charge in [-0.2, -0.15) is 11.8 Å². The summed E-state index contributed by atoms with van der Waals surface area (Å²) in [6.07, 6.45) is -0.533. The van der Waals surface area contributed by atoms with Crippen LogP contribution in [0.1, 0.15) is 27.4 Å². The fourth-order valence-corrected chi connectivity index (χ4v) is 4.68. The van der Waals surface area contributed by atoms with Gasteiger partial charge < -0.3 is 20.5 Å². The van der Waals surface area contributed by atoms with Crippen LogP contribution < -0.4 is 10.6 Å². The summed E-state index contributed by atoms with van der Waals surface area (Å²) in [5.74, 6) is -1.98. The number of carbonyl (C=O) groups excluding carboxylic acids is 2. The Labute approximate surface area is 205 Å². The average molecular weight is 495 g/mol. The minimum atomic E-state index is -1.33. The summed E-state index contributed by atoms with van der Waals surface area (Å²) in [4.78, 5) is 35.5. The quantitative estimate of drug-likeness (QED) is 0.372. The van der Waals surface area contributed by atoms with E-state index in [1.54, 1.807) is 0 Å². The summed E-state index contributed by atoms with van der Waals surface area (Å²) in [5.41, 5.74) is 4.29. The first-order chi connectivity index (χ1) is 16.9. The fraction of sp³-hybridized carbons (Fsp3) is 0.192. The smallest absolute Gasteiger partial charge is 0.407 e. The van der Waals surface area contributed by atoms with Gasteiger partial charge in [0.15, 0.2) is 0 Å². The molecule has 3 aromatic carbocycles. The molecule has 3 N–H and O–H groups in total. The summed E-state index contributed by atoms with van der Waals surface area (Å²) in [6, 6.07) is 19.3. The topological polar surface area (TPSA) is 105 Å². The van der Waals surface area contributed by atoms with Crippen LogP contribution in [0.2, 0.25) is 0 Å². The molecule has 0 atom stereocenters. The second-order valence-electron chi connectivity index (χ2n) is 7.85. The predicted octanol–water partition coefficient (Wildman–Crippen LogP) is 4.73. The average Bonchev–Trinajstić information content (AvgIpc) is 3.17. The minimum Gasteiger partial charge on any atom is -0.478 e. The SMILES string of the molecule is O=C(CSCCNC(=O)OCC1c2ccccc2-c2ccccc21)Nc1ccc(F)cc1C(=O)O. The van der Waals surface area contributed by atoms with Gasteiger partial charge in [-0.05, 0) is 40.5 Å². The maximum Gasteiger partial charge on any atom is 0.407 e. The van der Waals surface area contributed by atoms with Crippen molar-refractivity contribution in [1.82, 2.24) is 5.32 Å². The lowest BCUT2D eigenvalue weighted by Gasteiger charge is -2.14. The van der Waals surface area contributed by atoms with Crippen molar-refractivity contribution in [3.8, 4) is 11.1 Å². The normalized spacial score (nSPS) is 11.9. The Morgan fingerprint density at radius 3 is 2.29 bits per heavy atom. The van der Waals surface area contributed by atoms with Gasteiger partial charge in [0.25, 0.3) is 0 Å². The molecule has 0 fully saturated rings. The highest BCUT2D eigenvalue weighted by Crippen LogP contribution is 2.44. The number of thioether (sulfide) groups is 1. The Balaban J connectivity index is 1.19. The van der Waals surface area contributed by atoms with Crippen molar-refractivity contribution in [1.29, 1.82) is 0 Å². The summed E-state index contributed by atoms with van der Waals surface area (Å²) in [7, 11) is 0. The van der Waals surface area contributed by atoms with Gasteiger partial charge in [0.1, 0.15) is 12.4 Å². The van der Waals surface area contributed by atoms with E-state index in [4.69, 9.17) is 9.84 Å². The van der Waals surface area contributed by atoms with Gasteiger partial charge in [0.05, 0.1) is 17.0 Å². The van der Waals surface area contributed by atoms with Gasteiger partial charge in [0.2, 0.25) is 5.91 Å². The summed E-state index contributed by atoms with van der Waals surface area (Å²) < 4.78 is 18.7. The molecule has 1 aliphatic rings. The second kappa shape index (κ2) is 11.1. The zero-order chi connectivity index (χ0) is 24.8. The monoisotopic (exact) mass is 494 g/mol. The third-order valence-corrected chi connectivity index (χ3v) is 6.54. The highest BCUT2D eigenvalue weighted by Gasteiger charge is 2.28. The summed E-state index contributed by atoms with van der Waals surface area (Å²) >= 11 is 1.26. The number of alkyl carbamates (subject to hydrolysis) is 1. The lowest BCUT2D eigenvalue weighted by Crippen LogP contribution is -2.28. The Bertz CT molecular complexity index is 1220. The van der Waals surface area contributed by atoms with E-state index in [9.17, 15) is 18.8 Å². The van der Waals surface area contributed by atoms with E-state index in [0.717, 1.165) is 34.4 Å². The fourth-order valence-electron chi connectivity index (χ4n) is 4.03. The Hall–Kier alpha value is -3.85. The van der Waals surface area contributed by atoms with E-state index < -0.39 is 23.8 Å². The lowest BCUT2D eigenvalue weighted by molar-refractivity contribution is -0.113. The van der Waals surface area contributed by atoms with E-state index >= 15 is 0 Å². The molecule has 0 spiro atoms. The molecule has 0 heterocycles. The molecule has 0 bridgehead atoms. The van der Waals surface area contributed by atoms with E-state index in [1.807, 2.05) is 36.4 Å². The third kappa shape index (κ3) is 5.81. The summed E-state index contributed by atoms with van der Waals surface area (Å²) in [5, 5.41) is 14.3. The number of hydrogen-bond donors (Lipinski definition) is 3. The molecule has 2 amide bonds. The number of carboxylic acids is 1. The van der Waals surface area contributed by atoms with E-state index in [-0.39, 0.29) is 29.5 Å². The number of amides is 2. The maximum absolute atomic E-state index is 13.2. The molecule has 3 aromatic rings. The standard InChI is InChI=1S/C26H23FN2O5S/c27-16-9-10-23(21(13-16)25(31)32)29-24(30)15-35-12-11-28-26(33)34-14-22-19-7-3-1-5-17(19)18-6-2-4-8-20(18)22/h1-10,13,22H,11-12,14-15H2,(H,28,33)(H,29,30)(H,31,32). The Kier molecular flexibility index (Phi) is 7.67. The van der Waals surface area contributed by atoms with Gasteiger partial charge in [-0.1, -0.05) is 48.5 Å². The molecule has 0 unspecified atom stereocenters. The van der Waals surface area contributed by atoms with E-state index in [0.29, 0.717) is 12.3 Å². The number of ether oxygens (including phenoxy) is 1. The van der Waals surface area contributed by atoms with Crippen LogP contribution in [0.3, 0.4) is 0 Å². The molecule has 35 heavy (non-hydrogen) atoms. The number of anilines is 1.